The quantitative estimate of drug-likeness (QED) is 0.0128. The Kier molecular flexibility index (Phi) is 40.9. The van der Waals surface area contributed by atoms with Gasteiger partial charge in [0.05, 0.1) is 31.8 Å². The topological polar surface area (TPSA) is 648 Å². The van der Waals surface area contributed by atoms with Gasteiger partial charge in [-0.2, -0.15) is 0 Å². The first kappa shape index (κ1) is 88.3. The van der Waals surface area contributed by atoms with Crippen molar-refractivity contribution in [2.45, 2.75) is 170 Å². The van der Waals surface area contributed by atoms with E-state index in [2.05, 4.69) is 79.1 Å². The molecule has 576 valence electrons. The average Bonchev–Trinajstić information content (AvgIpc) is 1.00. The average molecular weight is 1500 g/mol. The third-order valence-electron chi connectivity index (χ3n) is 15.6. The van der Waals surface area contributed by atoms with Crippen molar-refractivity contribution in [2.24, 2.45) is 55.9 Å². The van der Waals surface area contributed by atoms with Crippen LogP contribution in [-0.4, -0.2) is 230 Å². The number of hydrogen-bond donors (Lipinski definition) is 22. The predicted octanol–water partition coefficient (Wildman–Crippen LogP) is -8.34. The number of aliphatic imine (C=N–C) groups is 2. The maximum atomic E-state index is 14.5. The Labute approximate surface area is 610 Å². The summed E-state index contributed by atoms with van der Waals surface area (Å²) >= 11 is 0. The molecule has 2 aromatic rings. The van der Waals surface area contributed by atoms with Gasteiger partial charge in [0.2, 0.25) is 82.7 Å². The number of rotatable bonds is 40. The molecule has 12 atom stereocenters. The van der Waals surface area contributed by atoms with Crippen molar-refractivity contribution in [3.8, 4) is 0 Å². The maximum absolute atomic E-state index is 14.5. The molecular weight excluding hydrogens is 1390 g/mol. The van der Waals surface area contributed by atoms with E-state index in [-0.39, 0.29) is 107 Å². The van der Waals surface area contributed by atoms with Crippen LogP contribution in [0.15, 0.2) is 70.6 Å². The molecule has 1 saturated heterocycles. The highest BCUT2D eigenvalue weighted by Crippen LogP contribution is 2.24. The lowest BCUT2D eigenvalue weighted by molar-refractivity contribution is -0.135. The van der Waals surface area contributed by atoms with Gasteiger partial charge in [-0.25, -0.2) is 0 Å². The van der Waals surface area contributed by atoms with Crippen LogP contribution in [0.4, 0.5) is 0 Å². The molecule has 1 fully saturated rings. The fourth-order valence-corrected chi connectivity index (χ4v) is 12.2. The van der Waals surface area contributed by atoms with Crippen LogP contribution in [0.3, 0.4) is 0 Å². The molecule has 104 heavy (non-hydrogen) atoms. The van der Waals surface area contributed by atoms with Gasteiger partial charge in [0, 0.05) is 31.0 Å². The minimum atomic E-state index is -1.73. The first-order valence-corrected chi connectivity index (χ1v) is 36.3. The summed E-state index contributed by atoms with van der Waals surface area (Å²) in [5.74, 6) is -13.1. The van der Waals surface area contributed by atoms with E-state index in [1.54, 1.807) is 54.6 Å². The molecule has 1 heterocycles. The molecule has 0 aliphatic carbocycles. The summed E-state index contributed by atoms with van der Waals surface area (Å²) < 4.78 is 0. The molecular formula is C64H103N23O15S2. The zero-order valence-corrected chi connectivity index (χ0v) is 60.2. The molecule has 1 aliphatic heterocycles. The van der Waals surface area contributed by atoms with Crippen molar-refractivity contribution in [2.75, 3.05) is 57.3 Å². The minimum Gasteiger partial charge on any atom is -0.391 e. The molecule has 2 aromatic carbocycles. The number of nitrogens with two attached hydrogens (primary N) is 8. The maximum Gasteiger partial charge on any atom is 0.245 e. The van der Waals surface area contributed by atoms with Crippen molar-refractivity contribution in [3.63, 3.8) is 0 Å². The number of unbranched alkanes of at least 4 members (excludes halogenated alkanes) is 2. The summed E-state index contributed by atoms with van der Waals surface area (Å²) in [5, 5.41) is 43.2. The monoisotopic (exact) mass is 1500 g/mol. The fourth-order valence-electron chi connectivity index (χ4n) is 9.84. The van der Waals surface area contributed by atoms with E-state index >= 15 is 0 Å². The largest absolute Gasteiger partial charge is 0.391 e. The summed E-state index contributed by atoms with van der Waals surface area (Å²) in [6.07, 6.45) is 0.0338. The van der Waals surface area contributed by atoms with Crippen LogP contribution in [0, 0.1) is 0 Å². The van der Waals surface area contributed by atoms with Crippen molar-refractivity contribution in [1.82, 2.24) is 69.1 Å². The van der Waals surface area contributed by atoms with Crippen LogP contribution in [0.5, 0.6) is 0 Å². The number of hydrogen-bond acceptors (Lipinski definition) is 22. The summed E-state index contributed by atoms with van der Waals surface area (Å²) in [6, 6.07) is 2.29. The van der Waals surface area contributed by atoms with E-state index < -0.39 is 175 Å². The number of benzene rings is 2. The normalized spacial score (nSPS) is 18.5. The van der Waals surface area contributed by atoms with Gasteiger partial charge >= 0.3 is 0 Å². The fraction of sp³-hybridized carbons (Fsp3) is 0.562. The molecule has 0 bridgehead atoms. The number of guanidine groups is 2. The van der Waals surface area contributed by atoms with Gasteiger partial charge in [-0.15, -0.1) is 0 Å². The Morgan fingerprint density at radius 1 is 0.519 bits per heavy atom. The van der Waals surface area contributed by atoms with Crippen LogP contribution in [-0.2, 0) is 80.0 Å². The zero-order valence-electron chi connectivity index (χ0n) is 58.5. The molecule has 0 spiro atoms. The number of nitrogens with one attached hydrogen (secondary N) is 13. The Hall–Kier alpha value is -9.90. The molecule has 3 unspecified atom stereocenters. The first-order chi connectivity index (χ1) is 49.4. The number of nitrogens with zero attached hydrogens (tertiary/aromatic N) is 2. The summed E-state index contributed by atoms with van der Waals surface area (Å²) in [4.78, 5) is 198. The van der Waals surface area contributed by atoms with Gasteiger partial charge < -0.3 is 120 Å². The number of amides is 14. The zero-order chi connectivity index (χ0) is 77.3. The van der Waals surface area contributed by atoms with Crippen LogP contribution < -0.4 is 115 Å². The third kappa shape index (κ3) is 34.8. The molecule has 0 aromatic heterocycles. The highest BCUT2D eigenvalue weighted by atomic mass is 33.1. The van der Waals surface area contributed by atoms with Crippen molar-refractivity contribution in [1.29, 1.82) is 0 Å². The van der Waals surface area contributed by atoms with Crippen LogP contribution in [0.1, 0.15) is 96.1 Å². The van der Waals surface area contributed by atoms with Crippen LogP contribution in [0.25, 0.3) is 0 Å². The lowest BCUT2D eigenvalue weighted by atomic mass is 10.0. The van der Waals surface area contributed by atoms with Crippen molar-refractivity contribution < 1.29 is 72.2 Å². The molecule has 3 rings (SSSR count). The minimum absolute atomic E-state index is 0.0288. The second kappa shape index (κ2) is 48.1. The predicted molar refractivity (Wildman–Crippen MR) is 389 cm³/mol. The molecule has 40 heteroatoms. The molecule has 14 amide bonds. The number of aliphatic hydroxyl groups is 1. The Morgan fingerprint density at radius 3 is 1.62 bits per heavy atom. The van der Waals surface area contributed by atoms with E-state index in [0.717, 1.165) is 27.2 Å². The van der Waals surface area contributed by atoms with E-state index in [1.807, 2.05) is 6.07 Å². The van der Waals surface area contributed by atoms with E-state index in [9.17, 15) is 72.2 Å². The summed E-state index contributed by atoms with van der Waals surface area (Å²) in [7, 11) is 1.97. The van der Waals surface area contributed by atoms with Gasteiger partial charge in [-0.05, 0) is 116 Å². The van der Waals surface area contributed by atoms with Gasteiger partial charge in [-0.1, -0.05) is 82.3 Å². The lowest BCUT2D eigenvalue weighted by Gasteiger charge is -2.27. The van der Waals surface area contributed by atoms with Crippen LogP contribution in [0.2, 0.25) is 0 Å². The van der Waals surface area contributed by atoms with E-state index in [0.29, 0.717) is 24.8 Å². The lowest BCUT2D eigenvalue weighted by Crippen LogP contribution is -2.60. The summed E-state index contributed by atoms with van der Waals surface area (Å²) in [6.45, 7) is 2.25. The molecule has 38 nitrogen and oxygen atoms in total. The smallest absolute Gasteiger partial charge is 0.245 e. The Bertz CT molecular complexity index is 3240. The highest BCUT2D eigenvalue weighted by molar-refractivity contribution is 8.76. The van der Waals surface area contributed by atoms with Gasteiger partial charge in [0.15, 0.2) is 11.9 Å². The first-order valence-electron chi connectivity index (χ1n) is 33.8. The van der Waals surface area contributed by atoms with Crippen LogP contribution >= 0.6 is 21.6 Å². The molecule has 1 aliphatic rings. The number of carbonyl (C=O) groups excluding carboxylic acids is 14. The van der Waals surface area contributed by atoms with Gasteiger partial charge in [-0.3, -0.25) is 77.1 Å². The standard InChI is InChI=1S/C64H103N23O15S2/c1-35(78-49(90)32-77-62(102)51(37(3)88)87-60(100)45(29-39-18-8-5-9-19-39)80-50(91)31-75-48(89)30-76-55(95)40(67)28-38-16-6-4-7-17-38)53(93)81-43(22-14-26-73-63(69)70)56(96)84-42(21-11-13-25-66)59(99)86-47-34-104-103-33-46(52(68)92)85-58(98)41(20-10-12-24-65)83-57(97)44(23-15-27-74-64(71)72)82-54(94)36(2)79-61(47)101/h4-9,16-19,35-37,40-47,51,88H,10-15,20-34,65-67H2,1-3H3,(H2,68,92)(H,75,89)(H,76,95)(H,77,102)(H,78,90)(H,79,101)(H,80,91)(H,81,93)(H,82,94)(H,83,97)(H,84,96)(H,85,98)(H,86,99)(H,87,100)(H4,69,70,73)(H4,71,72,74)/t35-,36-,37+,40-,41?,42-,43-,44-,45-,46?,47?,51-/m0/s1. The second-order valence-corrected chi connectivity index (χ2v) is 26.9. The number of primary amides is 1. The van der Waals surface area contributed by atoms with Gasteiger partial charge in [0.25, 0.3) is 0 Å². The van der Waals surface area contributed by atoms with Crippen molar-refractivity contribution >= 4 is 116 Å². The number of aliphatic hydroxyl groups excluding tert-OH is 1. The van der Waals surface area contributed by atoms with E-state index in [1.165, 1.54) is 20.8 Å². The third-order valence-corrected chi connectivity index (χ3v) is 18.0. The molecule has 30 N–H and O–H groups in total. The molecule has 0 saturated carbocycles. The van der Waals surface area contributed by atoms with E-state index in [4.69, 9.17) is 45.9 Å². The SMILES string of the molecule is C[C@H](NC(=O)CNC(=O)[C@@H](NC(=O)[C@H](Cc1ccccc1)NC(=O)CNC(=O)CNC(=O)[C@@H](N)Cc1ccccc1)[C@@H](C)O)C(=O)N[C@@H](CCCN=C(N)N)C(=O)N[C@@H](CCCCN)C(=O)NC1CSSCC(C(N)=O)NC(=O)C(CCCCN)NC(=O)[C@H](CCCN=C(N)N)NC(=O)[C@H](C)NC1=O. The molecule has 0 radical (unpaired) electrons. The van der Waals surface area contributed by atoms with Crippen molar-refractivity contribution in [3.05, 3.63) is 71.8 Å². The number of carbonyl (C=O) groups is 14. The second-order valence-electron chi connectivity index (χ2n) is 24.4. The highest BCUT2D eigenvalue weighted by Gasteiger charge is 2.36. The Morgan fingerprint density at radius 2 is 1.02 bits per heavy atom. The summed E-state index contributed by atoms with van der Waals surface area (Å²) in [5.41, 5.74) is 46.6. The Balaban J connectivity index is 1.78. The van der Waals surface area contributed by atoms with Gasteiger partial charge in [0.1, 0.15) is 60.4 Å².